The van der Waals surface area contributed by atoms with Crippen LogP contribution in [-0.2, 0) is 11.2 Å². The number of para-hydroxylation sites is 2. The second-order valence-electron chi connectivity index (χ2n) is 5.46. The maximum atomic E-state index is 12.7. The van der Waals surface area contributed by atoms with Crippen LogP contribution in [0.5, 0.6) is 5.75 Å². The van der Waals surface area contributed by atoms with Crippen molar-refractivity contribution >= 4 is 11.6 Å². The van der Waals surface area contributed by atoms with Crippen molar-refractivity contribution in [1.29, 1.82) is 0 Å². The lowest BCUT2D eigenvalue weighted by molar-refractivity contribution is 0.0998. The first-order valence-corrected chi connectivity index (χ1v) is 8.36. The van der Waals surface area contributed by atoms with Crippen LogP contribution < -0.4 is 10.1 Å². The van der Waals surface area contributed by atoms with Gasteiger partial charge in [-0.3, -0.25) is 4.79 Å². The van der Waals surface area contributed by atoms with E-state index in [9.17, 15) is 4.79 Å². The molecular weight excluding hydrogens is 302 g/mol. The van der Waals surface area contributed by atoms with Crippen molar-refractivity contribution in [3.63, 3.8) is 0 Å². The molecule has 0 aromatic heterocycles. The molecular formula is C20H25NO3. The van der Waals surface area contributed by atoms with Gasteiger partial charge in [0.25, 0.3) is 5.91 Å². The minimum atomic E-state index is -0.161. The highest BCUT2D eigenvalue weighted by molar-refractivity contribution is 6.06. The first kappa shape index (κ1) is 18.0. The summed E-state index contributed by atoms with van der Waals surface area (Å²) in [6.45, 7) is 7.59. The molecule has 4 heteroatoms. The molecule has 0 aliphatic heterocycles. The summed E-state index contributed by atoms with van der Waals surface area (Å²) in [6, 6.07) is 13.3. The Bertz CT molecular complexity index is 682. The quantitative estimate of drug-likeness (QED) is 0.738. The van der Waals surface area contributed by atoms with Crippen LogP contribution in [0.4, 0.5) is 5.69 Å². The van der Waals surface area contributed by atoms with Gasteiger partial charge < -0.3 is 14.8 Å². The fraction of sp³-hybridized carbons (Fsp3) is 0.350. The van der Waals surface area contributed by atoms with Crippen molar-refractivity contribution in [1.82, 2.24) is 0 Å². The number of aryl methyl sites for hydroxylation is 2. The number of carbonyl (C=O) groups is 1. The Hall–Kier alpha value is -2.33. The van der Waals surface area contributed by atoms with Gasteiger partial charge in [-0.05, 0) is 43.5 Å². The molecule has 0 radical (unpaired) electrons. The second kappa shape index (κ2) is 9.08. The predicted octanol–water partition coefficient (Wildman–Crippen LogP) is 4.23. The lowest BCUT2D eigenvalue weighted by Crippen LogP contribution is -2.16. The smallest absolute Gasteiger partial charge is 0.259 e. The highest BCUT2D eigenvalue weighted by Gasteiger charge is 2.14. The topological polar surface area (TPSA) is 47.6 Å². The lowest BCUT2D eigenvalue weighted by atomic mass is 10.1. The van der Waals surface area contributed by atoms with Crippen LogP contribution in [0.3, 0.4) is 0 Å². The van der Waals surface area contributed by atoms with Gasteiger partial charge in [-0.2, -0.15) is 0 Å². The Morgan fingerprint density at radius 3 is 2.58 bits per heavy atom. The number of carbonyl (C=O) groups excluding carboxylic acids is 1. The maximum Gasteiger partial charge on any atom is 0.259 e. The highest BCUT2D eigenvalue weighted by Crippen LogP contribution is 2.24. The zero-order valence-electron chi connectivity index (χ0n) is 14.6. The molecule has 0 aliphatic rings. The summed E-state index contributed by atoms with van der Waals surface area (Å²) >= 11 is 0. The molecule has 2 aromatic rings. The molecule has 0 spiro atoms. The van der Waals surface area contributed by atoms with Gasteiger partial charge in [0, 0.05) is 12.3 Å². The largest absolute Gasteiger partial charge is 0.490 e. The fourth-order valence-corrected chi connectivity index (χ4v) is 2.52. The Kier molecular flexibility index (Phi) is 6.82. The normalized spacial score (nSPS) is 10.5. The third-order valence-electron chi connectivity index (χ3n) is 3.80. The number of benzene rings is 2. The van der Waals surface area contributed by atoms with Gasteiger partial charge in [-0.1, -0.05) is 37.3 Å². The van der Waals surface area contributed by atoms with Crippen molar-refractivity contribution in [3.05, 3.63) is 59.2 Å². The number of anilines is 1. The molecule has 128 valence electrons. The molecule has 24 heavy (non-hydrogen) atoms. The van der Waals surface area contributed by atoms with E-state index >= 15 is 0 Å². The van der Waals surface area contributed by atoms with E-state index in [1.54, 1.807) is 12.1 Å². The van der Waals surface area contributed by atoms with Gasteiger partial charge in [0.05, 0.1) is 12.2 Å². The summed E-state index contributed by atoms with van der Waals surface area (Å²) in [4.78, 5) is 12.7. The summed E-state index contributed by atoms with van der Waals surface area (Å²) in [5.41, 5.74) is 3.59. The minimum Gasteiger partial charge on any atom is -0.490 e. The van der Waals surface area contributed by atoms with Crippen molar-refractivity contribution in [2.24, 2.45) is 0 Å². The van der Waals surface area contributed by atoms with E-state index in [1.165, 1.54) is 0 Å². The van der Waals surface area contributed by atoms with Gasteiger partial charge in [0.2, 0.25) is 0 Å². The van der Waals surface area contributed by atoms with Gasteiger partial charge >= 0.3 is 0 Å². The van der Waals surface area contributed by atoms with Gasteiger partial charge in [-0.15, -0.1) is 0 Å². The average molecular weight is 327 g/mol. The van der Waals surface area contributed by atoms with E-state index in [2.05, 4.69) is 12.2 Å². The predicted molar refractivity (Wildman–Crippen MR) is 96.9 cm³/mol. The molecule has 0 saturated heterocycles. The molecule has 0 atom stereocenters. The minimum absolute atomic E-state index is 0.161. The van der Waals surface area contributed by atoms with Crippen LogP contribution in [-0.4, -0.2) is 25.7 Å². The third kappa shape index (κ3) is 4.59. The third-order valence-corrected chi connectivity index (χ3v) is 3.80. The van der Waals surface area contributed by atoms with E-state index < -0.39 is 0 Å². The van der Waals surface area contributed by atoms with E-state index in [1.807, 2.05) is 44.2 Å². The molecule has 0 unspecified atom stereocenters. The number of rotatable bonds is 8. The Morgan fingerprint density at radius 1 is 1.04 bits per heavy atom. The molecule has 0 fully saturated rings. The zero-order chi connectivity index (χ0) is 17.4. The summed E-state index contributed by atoms with van der Waals surface area (Å²) in [5, 5.41) is 3.04. The number of amides is 1. The van der Waals surface area contributed by atoms with E-state index in [-0.39, 0.29) is 5.91 Å². The Balaban J connectivity index is 2.16. The number of nitrogens with one attached hydrogen (secondary N) is 1. The molecule has 0 saturated carbocycles. The van der Waals surface area contributed by atoms with Crippen molar-refractivity contribution in [2.45, 2.75) is 27.2 Å². The fourth-order valence-electron chi connectivity index (χ4n) is 2.52. The van der Waals surface area contributed by atoms with E-state index in [0.29, 0.717) is 31.1 Å². The molecule has 1 amide bonds. The van der Waals surface area contributed by atoms with E-state index in [4.69, 9.17) is 9.47 Å². The highest BCUT2D eigenvalue weighted by atomic mass is 16.5. The molecule has 1 N–H and O–H groups in total. The SMILES string of the molecule is CCOCCOc1ccccc1C(=O)Nc1c(C)cccc1CC. The van der Waals surface area contributed by atoms with Gasteiger partial charge in [0.15, 0.2) is 0 Å². The van der Waals surface area contributed by atoms with Gasteiger partial charge in [-0.25, -0.2) is 0 Å². The van der Waals surface area contributed by atoms with Crippen LogP contribution in [0.1, 0.15) is 35.3 Å². The average Bonchev–Trinajstić information content (AvgIpc) is 2.60. The van der Waals surface area contributed by atoms with Crippen LogP contribution in [0.2, 0.25) is 0 Å². The molecule has 0 bridgehead atoms. The maximum absolute atomic E-state index is 12.7. The van der Waals surface area contributed by atoms with Gasteiger partial charge in [0.1, 0.15) is 12.4 Å². The summed E-state index contributed by atoms with van der Waals surface area (Å²) < 4.78 is 11.0. The monoisotopic (exact) mass is 327 g/mol. The molecule has 2 aromatic carbocycles. The number of ether oxygens (including phenoxy) is 2. The van der Waals surface area contributed by atoms with Crippen LogP contribution in [0.15, 0.2) is 42.5 Å². The standard InChI is InChI=1S/C20H25NO3/c1-4-16-10-8-9-15(3)19(16)21-20(22)17-11-6-7-12-18(17)24-14-13-23-5-2/h6-12H,4-5,13-14H2,1-3H3,(H,21,22). The van der Waals surface area contributed by atoms with Crippen molar-refractivity contribution in [3.8, 4) is 5.75 Å². The summed E-state index contributed by atoms with van der Waals surface area (Å²) in [6.07, 6.45) is 0.865. The second-order valence-corrected chi connectivity index (χ2v) is 5.46. The summed E-state index contributed by atoms with van der Waals surface area (Å²) in [5.74, 6) is 0.410. The van der Waals surface area contributed by atoms with Crippen LogP contribution in [0, 0.1) is 6.92 Å². The molecule has 2 rings (SSSR count). The van der Waals surface area contributed by atoms with Crippen LogP contribution >= 0.6 is 0 Å². The summed E-state index contributed by atoms with van der Waals surface area (Å²) in [7, 11) is 0. The lowest BCUT2D eigenvalue weighted by Gasteiger charge is -2.15. The zero-order valence-corrected chi connectivity index (χ0v) is 14.6. The Labute approximate surface area is 143 Å². The number of hydrogen-bond donors (Lipinski definition) is 1. The molecule has 0 aliphatic carbocycles. The first-order chi connectivity index (χ1) is 11.7. The Morgan fingerprint density at radius 2 is 1.83 bits per heavy atom. The molecule has 0 heterocycles. The molecule has 4 nitrogen and oxygen atoms in total. The van der Waals surface area contributed by atoms with Crippen molar-refractivity contribution < 1.29 is 14.3 Å². The van der Waals surface area contributed by atoms with E-state index in [0.717, 1.165) is 23.2 Å². The first-order valence-electron chi connectivity index (χ1n) is 8.36. The number of hydrogen-bond acceptors (Lipinski definition) is 3. The van der Waals surface area contributed by atoms with Crippen LogP contribution in [0.25, 0.3) is 0 Å². The van der Waals surface area contributed by atoms with Crippen molar-refractivity contribution in [2.75, 3.05) is 25.1 Å².